The zero-order valence-corrected chi connectivity index (χ0v) is 19.0. The molecular weight excluding hydrogens is 410 g/mol. The summed E-state index contributed by atoms with van der Waals surface area (Å²) in [6, 6.07) is 14.3. The van der Waals surface area contributed by atoms with Gasteiger partial charge < -0.3 is 5.32 Å². The first-order chi connectivity index (χ1) is 14.7. The Balaban J connectivity index is 1.77. The van der Waals surface area contributed by atoms with Gasteiger partial charge in [0.1, 0.15) is 0 Å². The highest BCUT2D eigenvalue weighted by Gasteiger charge is 2.21. The van der Waals surface area contributed by atoms with Crippen LogP contribution in [0.15, 0.2) is 59.6 Å². The SMILES string of the molecule is Cc1cc(C)c(S(=O)(=O)Nc2cc(C(=O)NCCc3ccccn3)ccc2C)c(C)c1. The quantitative estimate of drug-likeness (QED) is 0.583. The molecule has 31 heavy (non-hydrogen) atoms. The van der Waals surface area contributed by atoms with Crippen LogP contribution in [0, 0.1) is 27.7 Å². The summed E-state index contributed by atoms with van der Waals surface area (Å²) < 4.78 is 28.9. The molecular formula is C24H27N3O3S. The highest BCUT2D eigenvalue weighted by molar-refractivity contribution is 7.92. The number of sulfonamides is 1. The van der Waals surface area contributed by atoms with E-state index >= 15 is 0 Å². The number of carbonyl (C=O) groups excluding carboxylic acids is 1. The van der Waals surface area contributed by atoms with Crippen LogP contribution in [-0.2, 0) is 16.4 Å². The average molecular weight is 438 g/mol. The Morgan fingerprint density at radius 1 is 0.935 bits per heavy atom. The van der Waals surface area contributed by atoms with Gasteiger partial charge in [0.05, 0.1) is 10.6 Å². The molecule has 0 saturated carbocycles. The molecule has 2 N–H and O–H groups in total. The number of hydrogen-bond donors (Lipinski definition) is 2. The molecule has 0 aliphatic heterocycles. The van der Waals surface area contributed by atoms with Crippen molar-refractivity contribution < 1.29 is 13.2 Å². The largest absolute Gasteiger partial charge is 0.352 e. The highest BCUT2D eigenvalue weighted by atomic mass is 32.2. The second-order valence-corrected chi connectivity index (χ2v) is 9.31. The number of amides is 1. The zero-order valence-electron chi connectivity index (χ0n) is 18.2. The van der Waals surface area contributed by atoms with Crippen LogP contribution >= 0.6 is 0 Å². The lowest BCUT2D eigenvalue weighted by Crippen LogP contribution is -2.26. The number of hydrogen-bond acceptors (Lipinski definition) is 4. The van der Waals surface area contributed by atoms with Gasteiger partial charge in [0, 0.05) is 30.4 Å². The van der Waals surface area contributed by atoms with Crippen molar-refractivity contribution >= 4 is 21.6 Å². The van der Waals surface area contributed by atoms with Gasteiger partial charge in [-0.15, -0.1) is 0 Å². The molecule has 1 heterocycles. The third-order valence-corrected chi connectivity index (χ3v) is 6.68. The van der Waals surface area contributed by atoms with E-state index in [9.17, 15) is 13.2 Å². The number of nitrogens with one attached hydrogen (secondary N) is 2. The molecule has 3 rings (SSSR count). The summed E-state index contributed by atoms with van der Waals surface area (Å²) in [6.45, 7) is 7.74. The lowest BCUT2D eigenvalue weighted by atomic mass is 10.1. The number of nitrogens with zero attached hydrogens (tertiary/aromatic N) is 1. The Morgan fingerprint density at radius 2 is 1.65 bits per heavy atom. The van der Waals surface area contributed by atoms with Crippen molar-refractivity contribution in [3.63, 3.8) is 0 Å². The second kappa shape index (κ2) is 9.31. The van der Waals surface area contributed by atoms with Gasteiger partial charge in [-0.25, -0.2) is 8.42 Å². The molecule has 0 unspecified atom stereocenters. The Labute approximate surface area is 183 Å². The van der Waals surface area contributed by atoms with Gasteiger partial charge in [0.25, 0.3) is 15.9 Å². The zero-order chi connectivity index (χ0) is 22.6. The molecule has 1 amide bonds. The minimum atomic E-state index is -3.80. The molecule has 162 valence electrons. The predicted molar refractivity (Wildman–Crippen MR) is 123 cm³/mol. The van der Waals surface area contributed by atoms with Gasteiger partial charge in [-0.3, -0.25) is 14.5 Å². The lowest BCUT2D eigenvalue weighted by molar-refractivity contribution is 0.0954. The molecule has 3 aromatic rings. The van der Waals surface area contributed by atoms with Crippen molar-refractivity contribution in [2.45, 2.75) is 39.0 Å². The fourth-order valence-electron chi connectivity index (χ4n) is 3.61. The third-order valence-electron chi connectivity index (χ3n) is 5.01. The predicted octanol–water partition coefficient (Wildman–Crippen LogP) is 4.09. The minimum Gasteiger partial charge on any atom is -0.352 e. The maximum atomic E-state index is 13.1. The molecule has 1 aromatic heterocycles. The second-order valence-electron chi connectivity index (χ2n) is 7.69. The van der Waals surface area contributed by atoms with Crippen molar-refractivity contribution in [1.29, 1.82) is 0 Å². The Kier molecular flexibility index (Phi) is 6.75. The van der Waals surface area contributed by atoms with Crippen molar-refractivity contribution in [1.82, 2.24) is 10.3 Å². The van der Waals surface area contributed by atoms with Crippen molar-refractivity contribution in [3.05, 3.63) is 88.2 Å². The summed E-state index contributed by atoms with van der Waals surface area (Å²) >= 11 is 0. The van der Waals surface area contributed by atoms with Gasteiger partial charge in [-0.2, -0.15) is 0 Å². The van der Waals surface area contributed by atoms with Gasteiger partial charge in [0.15, 0.2) is 0 Å². The standard InChI is InChI=1S/C24H27N3O3S/c1-16-13-18(3)23(19(4)14-16)31(29,30)27-22-15-20(9-8-17(22)2)24(28)26-12-10-21-7-5-6-11-25-21/h5-9,11,13-15,27H,10,12H2,1-4H3,(H,26,28). The van der Waals surface area contributed by atoms with Crippen LogP contribution < -0.4 is 10.0 Å². The average Bonchev–Trinajstić information content (AvgIpc) is 2.69. The molecule has 7 heteroatoms. The van der Waals surface area contributed by atoms with E-state index in [1.165, 1.54) is 0 Å². The number of benzene rings is 2. The molecule has 0 atom stereocenters. The van der Waals surface area contributed by atoms with Crippen molar-refractivity contribution in [2.24, 2.45) is 0 Å². The van der Waals surface area contributed by atoms with Crippen molar-refractivity contribution in [2.75, 3.05) is 11.3 Å². The molecule has 0 bridgehead atoms. The highest BCUT2D eigenvalue weighted by Crippen LogP contribution is 2.26. The summed E-state index contributed by atoms with van der Waals surface area (Å²) in [4.78, 5) is 17.1. The third kappa shape index (κ3) is 5.49. The van der Waals surface area contributed by atoms with E-state index in [1.807, 2.05) is 37.3 Å². The van der Waals surface area contributed by atoms with Crippen molar-refractivity contribution in [3.8, 4) is 0 Å². The molecule has 0 fully saturated rings. The Morgan fingerprint density at radius 3 is 2.29 bits per heavy atom. The van der Waals surface area contributed by atoms with E-state index in [2.05, 4.69) is 15.0 Å². The maximum absolute atomic E-state index is 13.1. The smallest absolute Gasteiger partial charge is 0.262 e. The monoisotopic (exact) mass is 437 g/mol. The first-order valence-electron chi connectivity index (χ1n) is 10.1. The van der Waals surface area contributed by atoms with Gasteiger partial charge in [-0.05, 0) is 68.7 Å². The summed E-state index contributed by atoms with van der Waals surface area (Å²) in [5.74, 6) is -0.265. The number of aryl methyl sites for hydroxylation is 4. The van der Waals surface area contributed by atoms with Crippen LogP contribution in [0.25, 0.3) is 0 Å². The summed E-state index contributed by atoms with van der Waals surface area (Å²) in [5, 5.41) is 2.86. The summed E-state index contributed by atoms with van der Waals surface area (Å²) in [6.07, 6.45) is 2.33. The van der Waals surface area contributed by atoms with Crippen LogP contribution in [0.2, 0.25) is 0 Å². The minimum absolute atomic E-state index is 0.265. The first kappa shape index (κ1) is 22.5. The molecule has 6 nitrogen and oxygen atoms in total. The normalized spacial score (nSPS) is 11.2. The van der Waals surface area contributed by atoms with Crippen LogP contribution in [0.1, 0.15) is 38.3 Å². The van der Waals surface area contributed by atoms with E-state index in [1.54, 1.807) is 45.2 Å². The van der Waals surface area contributed by atoms with Gasteiger partial charge in [0.2, 0.25) is 0 Å². The number of aromatic nitrogens is 1. The van der Waals surface area contributed by atoms with E-state index in [-0.39, 0.29) is 10.8 Å². The Bertz CT molecular complexity index is 1180. The van der Waals surface area contributed by atoms with Gasteiger partial charge in [-0.1, -0.05) is 29.8 Å². The molecule has 0 saturated heterocycles. The number of anilines is 1. The van der Waals surface area contributed by atoms with E-state index in [0.29, 0.717) is 35.3 Å². The summed E-state index contributed by atoms with van der Waals surface area (Å²) in [7, 11) is -3.80. The van der Waals surface area contributed by atoms with E-state index in [0.717, 1.165) is 16.8 Å². The Hall–Kier alpha value is -3.19. The lowest BCUT2D eigenvalue weighted by Gasteiger charge is -2.16. The number of rotatable bonds is 7. The number of carbonyl (C=O) groups is 1. The van der Waals surface area contributed by atoms with Crippen LogP contribution in [0.5, 0.6) is 0 Å². The van der Waals surface area contributed by atoms with E-state index in [4.69, 9.17) is 0 Å². The number of pyridine rings is 1. The maximum Gasteiger partial charge on any atom is 0.262 e. The molecule has 0 spiro atoms. The van der Waals surface area contributed by atoms with Crippen LogP contribution in [0.4, 0.5) is 5.69 Å². The van der Waals surface area contributed by atoms with E-state index < -0.39 is 10.0 Å². The fraction of sp³-hybridized carbons (Fsp3) is 0.250. The molecule has 2 aromatic carbocycles. The topological polar surface area (TPSA) is 88.2 Å². The molecule has 0 aliphatic rings. The molecule has 0 radical (unpaired) electrons. The van der Waals surface area contributed by atoms with Gasteiger partial charge >= 0.3 is 0 Å². The summed E-state index contributed by atoms with van der Waals surface area (Å²) in [5.41, 5.74) is 4.78. The molecule has 0 aliphatic carbocycles. The van der Waals surface area contributed by atoms with Crippen LogP contribution in [-0.4, -0.2) is 25.9 Å². The van der Waals surface area contributed by atoms with Crippen LogP contribution in [0.3, 0.4) is 0 Å². The fourth-order valence-corrected chi connectivity index (χ4v) is 5.19. The first-order valence-corrected chi connectivity index (χ1v) is 11.5.